The quantitative estimate of drug-likeness (QED) is 0.672. The maximum absolute atomic E-state index is 12.7. The largest absolute Gasteiger partial charge is 0.336 e. The van der Waals surface area contributed by atoms with E-state index < -0.39 is 5.91 Å². The first-order valence-electron chi connectivity index (χ1n) is 8.94. The summed E-state index contributed by atoms with van der Waals surface area (Å²) < 4.78 is 5.25. The first-order chi connectivity index (χ1) is 13.0. The van der Waals surface area contributed by atoms with E-state index in [0.717, 1.165) is 35.4 Å². The Morgan fingerprint density at radius 2 is 1.96 bits per heavy atom. The maximum atomic E-state index is 12.7. The Balaban J connectivity index is 1.55. The summed E-state index contributed by atoms with van der Waals surface area (Å²) in [5.74, 6) is -0.374. The zero-order valence-electron chi connectivity index (χ0n) is 15.4. The van der Waals surface area contributed by atoms with Crippen molar-refractivity contribution in [1.29, 1.82) is 0 Å². The number of pyridine rings is 1. The number of hydrazine groups is 1. The molecule has 2 amide bonds. The van der Waals surface area contributed by atoms with Crippen LogP contribution < -0.4 is 10.9 Å². The van der Waals surface area contributed by atoms with E-state index in [-0.39, 0.29) is 5.91 Å². The molecule has 0 aromatic carbocycles. The highest BCUT2D eigenvalue weighted by Crippen LogP contribution is 2.40. The lowest BCUT2D eigenvalue weighted by Crippen LogP contribution is -2.41. The number of nitrogens with one attached hydrogen (secondary N) is 2. The summed E-state index contributed by atoms with van der Waals surface area (Å²) in [6.07, 6.45) is 2.99. The first kappa shape index (κ1) is 17.7. The molecule has 1 aliphatic carbocycles. The molecule has 0 radical (unpaired) electrons. The summed E-state index contributed by atoms with van der Waals surface area (Å²) in [6.45, 7) is 5.79. The normalized spacial score (nSPS) is 13.7. The van der Waals surface area contributed by atoms with Gasteiger partial charge in [-0.25, -0.2) is 4.98 Å². The summed E-state index contributed by atoms with van der Waals surface area (Å²) in [7, 11) is 0. The Bertz CT molecular complexity index is 1050. The lowest BCUT2D eigenvalue weighted by Gasteiger charge is -2.08. The second-order valence-corrected chi connectivity index (χ2v) is 7.93. The summed E-state index contributed by atoms with van der Waals surface area (Å²) in [4.78, 5) is 31.3. The van der Waals surface area contributed by atoms with Gasteiger partial charge in [-0.05, 0) is 50.8 Å². The lowest BCUT2D eigenvalue weighted by molar-refractivity contribution is 0.0849. The molecule has 1 fully saturated rings. The average Bonchev–Trinajstić information content (AvgIpc) is 3.36. The Kier molecular flexibility index (Phi) is 4.43. The van der Waals surface area contributed by atoms with Crippen molar-refractivity contribution < 1.29 is 14.1 Å². The smallest absolute Gasteiger partial charge is 0.279 e. The minimum absolute atomic E-state index is 0.328. The standard InChI is InChI=1S/C19H20N4O3S/c1-4-14-9(2)7-15(27-14)18(25)22-21-17(24)12-8-13(11-5-6-11)20-19-16(12)10(3)23-26-19/h7-8,11H,4-6H2,1-3H3,(H,21,24)(H,22,25). The number of thiophene rings is 1. The lowest BCUT2D eigenvalue weighted by atomic mass is 10.1. The highest BCUT2D eigenvalue weighted by Gasteiger charge is 2.28. The molecule has 27 heavy (non-hydrogen) atoms. The van der Waals surface area contributed by atoms with Crippen LogP contribution in [-0.4, -0.2) is 22.0 Å². The first-order valence-corrected chi connectivity index (χ1v) is 9.76. The average molecular weight is 384 g/mol. The van der Waals surface area contributed by atoms with Crippen LogP contribution >= 0.6 is 11.3 Å². The fraction of sp³-hybridized carbons (Fsp3) is 0.368. The number of hydrogen-bond donors (Lipinski definition) is 2. The third kappa shape index (κ3) is 3.32. The van der Waals surface area contributed by atoms with E-state index in [2.05, 4.69) is 27.9 Å². The number of rotatable bonds is 4. The van der Waals surface area contributed by atoms with Crippen LogP contribution in [0.5, 0.6) is 0 Å². The molecule has 1 saturated carbocycles. The SMILES string of the molecule is CCc1sc(C(=O)NNC(=O)c2cc(C3CC3)nc3onc(C)c23)cc1C. The summed E-state index contributed by atoms with van der Waals surface area (Å²) in [5.41, 5.74) is 8.30. The second kappa shape index (κ2) is 6.77. The summed E-state index contributed by atoms with van der Waals surface area (Å²) >= 11 is 1.44. The van der Waals surface area contributed by atoms with E-state index in [1.165, 1.54) is 11.3 Å². The van der Waals surface area contributed by atoms with Crippen molar-refractivity contribution in [2.45, 2.75) is 46.0 Å². The molecule has 7 nitrogen and oxygen atoms in total. The summed E-state index contributed by atoms with van der Waals surface area (Å²) in [5, 5.41) is 4.50. The van der Waals surface area contributed by atoms with Crippen molar-refractivity contribution in [1.82, 2.24) is 21.0 Å². The van der Waals surface area contributed by atoms with Crippen molar-refractivity contribution in [3.05, 3.63) is 44.4 Å². The van der Waals surface area contributed by atoms with Crippen LogP contribution in [0.25, 0.3) is 11.1 Å². The number of amides is 2. The molecule has 0 bridgehead atoms. The highest BCUT2D eigenvalue weighted by molar-refractivity contribution is 7.14. The molecule has 3 heterocycles. The predicted octanol–water partition coefficient (Wildman–Crippen LogP) is 3.42. The number of nitrogens with zero attached hydrogens (tertiary/aromatic N) is 2. The van der Waals surface area contributed by atoms with Crippen LogP contribution in [0.3, 0.4) is 0 Å². The van der Waals surface area contributed by atoms with Crippen LogP contribution in [0.1, 0.15) is 67.5 Å². The van der Waals surface area contributed by atoms with Crippen molar-refractivity contribution in [2.75, 3.05) is 0 Å². The minimum Gasteiger partial charge on any atom is -0.336 e. The molecule has 0 unspecified atom stereocenters. The zero-order valence-corrected chi connectivity index (χ0v) is 16.2. The van der Waals surface area contributed by atoms with Gasteiger partial charge in [0.15, 0.2) is 0 Å². The van der Waals surface area contributed by atoms with Crippen molar-refractivity contribution in [3.8, 4) is 0 Å². The zero-order chi connectivity index (χ0) is 19.1. The molecule has 0 spiro atoms. The molecule has 2 N–H and O–H groups in total. The van der Waals surface area contributed by atoms with Gasteiger partial charge in [-0.15, -0.1) is 11.3 Å². The number of aryl methyl sites for hydroxylation is 3. The fourth-order valence-corrected chi connectivity index (χ4v) is 4.12. The molecule has 0 saturated heterocycles. The van der Waals surface area contributed by atoms with E-state index in [0.29, 0.717) is 33.2 Å². The topological polar surface area (TPSA) is 97.1 Å². The predicted molar refractivity (Wildman–Crippen MR) is 102 cm³/mol. The third-order valence-corrected chi connectivity index (χ3v) is 6.11. The van der Waals surface area contributed by atoms with Gasteiger partial charge in [0, 0.05) is 16.5 Å². The van der Waals surface area contributed by atoms with Gasteiger partial charge in [0.2, 0.25) is 0 Å². The highest BCUT2D eigenvalue weighted by atomic mass is 32.1. The fourth-order valence-electron chi connectivity index (χ4n) is 3.11. The molecule has 1 aliphatic rings. The van der Waals surface area contributed by atoms with Crippen molar-refractivity contribution in [3.63, 3.8) is 0 Å². The maximum Gasteiger partial charge on any atom is 0.279 e. The Morgan fingerprint density at radius 1 is 1.22 bits per heavy atom. The third-order valence-electron chi connectivity index (χ3n) is 4.73. The molecule has 140 valence electrons. The Hall–Kier alpha value is -2.74. The molecule has 3 aromatic heterocycles. The second-order valence-electron chi connectivity index (χ2n) is 6.80. The molecular formula is C19H20N4O3S. The van der Waals surface area contributed by atoms with Crippen molar-refractivity contribution in [2.24, 2.45) is 0 Å². The van der Waals surface area contributed by atoms with Crippen LogP contribution in [0, 0.1) is 13.8 Å². The molecular weight excluding hydrogens is 364 g/mol. The van der Waals surface area contributed by atoms with E-state index in [1.807, 2.05) is 13.0 Å². The molecule has 0 aliphatic heterocycles. The van der Waals surface area contributed by atoms with Gasteiger partial charge in [-0.1, -0.05) is 12.1 Å². The Labute approximate surface area is 160 Å². The van der Waals surface area contributed by atoms with Gasteiger partial charge in [0.25, 0.3) is 17.5 Å². The van der Waals surface area contributed by atoms with Gasteiger partial charge < -0.3 is 4.52 Å². The van der Waals surface area contributed by atoms with E-state index >= 15 is 0 Å². The van der Waals surface area contributed by atoms with Crippen LogP contribution in [0.15, 0.2) is 16.7 Å². The molecule has 8 heteroatoms. The molecule has 3 aromatic rings. The van der Waals surface area contributed by atoms with Crippen molar-refractivity contribution >= 4 is 34.3 Å². The van der Waals surface area contributed by atoms with Crippen LogP contribution in [0.4, 0.5) is 0 Å². The number of carbonyl (C=O) groups excluding carboxylic acids is 2. The van der Waals surface area contributed by atoms with Gasteiger partial charge >= 0.3 is 0 Å². The number of carbonyl (C=O) groups is 2. The van der Waals surface area contributed by atoms with E-state index in [4.69, 9.17) is 4.52 Å². The molecule has 4 rings (SSSR count). The minimum atomic E-state index is -0.409. The Morgan fingerprint density at radius 3 is 2.63 bits per heavy atom. The van der Waals surface area contributed by atoms with Gasteiger partial charge in [0.1, 0.15) is 0 Å². The van der Waals surface area contributed by atoms with Gasteiger partial charge in [-0.3, -0.25) is 20.4 Å². The summed E-state index contributed by atoms with van der Waals surface area (Å²) in [6, 6.07) is 3.61. The van der Waals surface area contributed by atoms with Crippen LogP contribution in [-0.2, 0) is 6.42 Å². The number of hydrogen-bond acceptors (Lipinski definition) is 6. The van der Waals surface area contributed by atoms with E-state index in [9.17, 15) is 9.59 Å². The molecule has 0 atom stereocenters. The number of aromatic nitrogens is 2. The number of fused-ring (bicyclic) bond motifs is 1. The monoisotopic (exact) mass is 384 g/mol. The van der Waals surface area contributed by atoms with Crippen LogP contribution in [0.2, 0.25) is 0 Å². The van der Waals surface area contributed by atoms with E-state index in [1.54, 1.807) is 13.0 Å². The van der Waals surface area contributed by atoms with Gasteiger partial charge in [0.05, 0.1) is 21.5 Å². The van der Waals surface area contributed by atoms with Gasteiger partial charge in [-0.2, -0.15) is 0 Å².